The number of aromatic nitrogens is 4. The fraction of sp³-hybridized carbons (Fsp3) is 0.538. The number of nitrogens with zero attached hydrogens (tertiary/aromatic N) is 4. The Hall–Kier alpha value is -1.78. The molecule has 18 heavy (non-hydrogen) atoms. The number of hydrogen-bond acceptors (Lipinski definition) is 3. The standard InChI is InChI=1S/C13H19N5/c1-3-10-9(8-17(2)16-10)12-13(14)18-7-5-4-6-11(18)15-12/h8H,3-7,14H2,1-2H3. The van der Waals surface area contributed by atoms with Crippen molar-refractivity contribution in [2.45, 2.75) is 39.2 Å². The first kappa shape index (κ1) is 11.3. The van der Waals surface area contributed by atoms with Crippen molar-refractivity contribution in [3.8, 4) is 11.3 Å². The largest absolute Gasteiger partial charge is 0.383 e. The molecule has 0 aromatic carbocycles. The Kier molecular flexibility index (Phi) is 2.61. The maximum Gasteiger partial charge on any atom is 0.131 e. The van der Waals surface area contributed by atoms with Crippen molar-refractivity contribution in [1.29, 1.82) is 0 Å². The van der Waals surface area contributed by atoms with Gasteiger partial charge in [0.2, 0.25) is 0 Å². The summed E-state index contributed by atoms with van der Waals surface area (Å²) in [5.74, 6) is 1.92. The highest BCUT2D eigenvalue weighted by molar-refractivity contribution is 5.72. The third-order valence-corrected chi connectivity index (χ3v) is 3.61. The Balaban J connectivity index is 2.14. The zero-order valence-corrected chi connectivity index (χ0v) is 11.0. The molecular formula is C13H19N5. The molecule has 1 aliphatic rings. The molecule has 3 heterocycles. The van der Waals surface area contributed by atoms with Gasteiger partial charge in [0.1, 0.15) is 17.3 Å². The molecule has 0 fully saturated rings. The summed E-state index contributed by atoms with van der Waals surface area (Å²) in [6.07, 6.45) is 6.36. The van der Waals surface area contributed by atoms with Gasteiger partial charge in [0, 0.05) is 31.8 Å². The minimum atomic E-state index is 0.799. The van der Waals surface area contributed by atoms with Crippen LogP contribution in [0.5, 0.6) is 0 Å². The molecule has 3 rings (SSSR count). The summed E-state index contributed by atoms with van der Waals surface area (Å²) in [6, 6.07) is 0. The Labute approximate surface area is 107 Å². The lowest BCUT2D eigenvalue weighted by atomic mass is 10.1. The van der Waals surface area contributed by atoms with Gasteiger partial charge in [0.15, 0.2) is 0 Å². The highest BCUT2D eigenvalue weighted by Gasteiger charge is 2.21. The minimum absolute atomic E-state index is 0.799. The fourth-order valence-corrected chi connectivity index (χ4v) is 2.70. The molecule has 0 aliphatic carbocycles. The van der Waals surface area contributed by atoms with Crippen molar-refractivity contribution in [3.05, 3.63) is 17.7 Å². The van der Waals surface area contributed by atoms with Crippen molar-refractivity contribution in [1.82, 2.24) is 19.3 Å². The van der Waals surface area contributed by atoms with E-state index >= 15 is 0 Å². The molecule has 0 bridgehead atoms. The summed E-state index contributed by atoms with van der Waals surface area (Å²) in [4.78, 5) is 4.73. The van der Waals surface area contributed by atoms with Crippen molar-refractivity contribution < 1.29 is 0 Å². The van der Waals surface area contributed by atoms with Crippen LogP contribution in [0.15, 0.2) is 6.20 Å². The van der Waals surface area contributed by atoms with Gasteiger partial charge in [-0.25, -0.2) is 4.98 Å². The molecule has 0 atom stereocenters. The zero-order chi connectivity index (χ0) is 12.7. The van der Waals surface area contributed by atoms with Crippen LogP contribution in [0, 0.1) is 0 Å². The third kappa shape index (κ3) is 1.62. The molecule has 96 valence electrons. The summed E-state index contributed by atoms with van der Waals surface area (Å²) in [6.45, 7) is 3.11. The van der Waals surface area contributed by atoms with Crippen LogP contribution >= 0.6 is 0 Å². The maximum absolute atomic E-state index is 6.25. The lowest BCUT2D eigenvalue weighted by Gasteiger charge is -2.14. The second-order valence-electron chi connectivity index (χ2n) is 4.89. The monoisotopic (exact) mass is 245 g/mol. The van der Waals surface area contributed by atoms with Crippen LogP contribution in [0.2, 0.25) is 0 Å². The summed E-state index contributed by atoms with van der Waals surface area (Å²) in [5.41, 5.74) is 9.32. The topological polar surface area (TPSA) is 61.7 Å². The summed E-state index contributed by atoms with van der Waals surface area (Å²) >= 11 is 0. The molecule has 0 amide bonds. The molecule has 0 saturated heterocycles. The highest BCUT2D eigenvalue weighted by Crippen LogP contribution is 2.31. The Morgan fingerprint density at radius 3 is 2.94 bits per heavy atom. The van der Waals surface area contributed by atoms with Crippen LogP contribution in [-0.2, 0) is 26.4 Å². The SMILES string of the molecule is CCc1nn(C)cc1-c1nc2n(c1N)CCCC2. The van der Waals surface area contributed by atoms with Crippen LogP contribution in [0.25, 0.3) is 11.3 Å². The van der Waals surface area contributed by atoms with E-state index in [0.717, 1.165) is 48.0 Å². The van der Waals surface area contributed by atoms with E-state index in [1.54, 1.807) is 0 Å². The molecule has 5 nitrogen and oxygen atoms in total. The highest BCUT2D eigenvalue weighted by atomic mass is 15.3. The predicted molar refractivity (Wildman–Crippen MR) is 71.2 cm³/mol. The van der Waals surface area contributed by atoms with Gasteiger partial charge in [0.05, 0.1) is 5.69 Å². The van der Waals surface area contributed by atoms with Crippen molar-refractivity contribution in [3.63, 3.8) is 0 Å². The van der Waals surface area contributed by atoms with E-state index < -0.39 is 0 Å². The van der Waals surface area contributed by atoms with Crippen LogP contribution < -0.4 is 5.73 Å². The van der Waals surface area contributed by atoms with E-state index in [0.29, 0.717) is 0 Å². The number of rotatable bonds is 2. The van der Waals surface area contributed by atoms with Crippen molar-refractivity contribution in [2.24, 2.45) is 7.05 Å². The molecule has 0 saturated carbocycles. The van der Waals surface area contributed by atoms with Gasteiger partial charge in [-0.05, 0) is 19.3 Å². The van der Waals surface area contributed by atoms with Crippen LogP contribution in [0.3, 0.4) is 0 Å². The Morgan fingerprint density at radius 2 is 2.22 bits per heavy atom. The van der Waals surface area contributed by atoms with Crippen LogP contribution in [-0.4, -0.2) is 19.3 Å². The summed E-state index contributed by atoms with van der Waals surface area (Å²) in [5, 5.41) is 4.46. The lowest BCUT2D eigenvalue weighted by Crippen LogP contribution is -2.12. The van der Waals surface area contributed by atoms with E-state index in [4.69, 9.17) is 10.7 Å². The average Bonchev–Trinajstić information content (AvgIpc) is 2.91. The average molecular weight is 245 g/mol. The first-order chi connectivity index (χ1) is 8.70. The van der Waals surface area contributed by atoms with E-state index in [-0.39, 0.29) is 0 Å². The number of nitrogens with two attached hydrogens (primary N) is 1. The first-order valence-electron chi connectivity index (χ1n) is 6.58. The van der Waals surface area contributed by atoms with Gasteiger partial charge in [0.25, 0.3) is 0 Å². The molecule has 0 radical (unpaired) electrons. The molecule has 2 aromatic heterocycles. The number of aryl methyl sites for hydroxylation is 3. The van der Waals surface area contributed by atoms with Gasteiger partial charge in [-0.3, -0.25) is 4.68 Å². The second-order valence-corrected chi connectivity index (χ2v) is 4.89. The van der Waals surface area contributed by atoms with E-state index in [2.05, 4.69) is 16.6 Å². The quantitative estimate of drug-likeness (QED) is 0.877. The molecular weight excluding hydrogens is 226 g/mol. The molecule has 0 unspecified atom stereocenters. The molecule has 0 spiro atoms. The number of nitrogen functional groups attached to an aromatic ring is 1. The predicted octanol–water partition coefficient (Wildman–Crippen LogP) is 1.76. The van der Waals surface area contributed by atoms with Crippen LogP contribution in [0.4, 0.5) is 5.82 Å². The van der Waals surface area contributed by atoms with Gasteiger partial charge in [-0.1, -0.05) is 6.92 Å². The molecule has 5 heteroatoms. The first-order valence-corrected chi connectivity index (χ1v) is 6.58. The van der Waals surface area contributed by atoms with Gasteiger partial charge in [-0.2, -0.15) is 5.10 Å². The van der Waals surface area contributed by atoms with Crippen molar-refractivity contribution >= 4 is 5.82 Å². The lowest BCUT2D eigenvalue weighted by molar-refractivity contribution is 0.527. The number of fused-ring (bicyclic) bond motifs is 1. The van der Waals surface area contributed by atoms with Crippen LogP contribution in [0.1, 0.15) is 31.3 Å². The molecule has 2 N–H and O–H groups in total. The van der Waals surface area contributed by atoms with Crippen molar-refractivity contribution in [2.75, 3.05) is 5.73 Å². The second kappa shape index (κ2) is 4.15. The number of anilines is 1. The number of hydrogen-bond donors (Lipinski definition) is 1. The van der Waals surface area contributed by atoms with E-state index in [1.807, 2.05) is 17.9 Å². The molecule has 2 aromatic rings. The summed E-state index contributed by atoms with van der Waals surface area (Å²) < 4.78 is 4.00. The smallest absolute Gasteiger partial charge is 0.131 e. The minimum Gasteiger partial charge on any atom is -0.383 e. The van der Waals surface area contributed by atoms with Gasteiger partial charge >= 0.3 is 0 Å². The van der Waals surface area contributed by atoms with Gasteiger partial charge in [-0.15, -0.1) is 0 Å². The zero-order valence-electron chi connectivity index (χ0n) is 11.0. The van der Waals surface area contributed by atoms with E-state index in [9.17, 15) is 0 Å². The Bertz CT molecular complexity index is 578. The number of imidazole rings is 1. The molecule has 1 aliphatic heterocycles. The maximum atomic E-state index is 6.25. The third-order valence-electron chi connectivity index (χ3n) is 3.61. The fourth-order valence-electron chi connectivity index (χ4n) is 2.70. The normalized spacial score (nSPS) is 14.8. The Morgan fingerprint density at radius 1 is 1.39 bits per heavy atom. The van der Waals surface area contributed by atoms with E-state index in [1.165, 1.54) is 12.8 Å². The summed E-state index contributed by atoms with van der Waals surface area (Å²) in [7, 11) is 1.94. The van der Waals surface area contributed by atoms with Gasteiger partial charge < -0.3 is 10.3 Å².